The summed E-state index contributed by atoms with van der Waals surface area (Å²) in [5, 5.41) is 2.14. The van der Waals surface area contributed by atoms with Gasteiger partial charge in [-0.2, -0.15) is 5.01 Å². The standard InChI is InChI=1S/C26H26N2O4/c1-4-31-20-14-10-18(11-15-20)26-28-23(21-6-5-7-24(30-3)25(21)32-26)16-22(27-28)17-8-12-19(29-2)13-9-17/h5-16,23,26-27H,4H2,1-3H3. The van der Waals surface area contributed by atoms with Crippen molar-refractivity contribution < 1.29 is 18.9 Å². The summed E-state index contributed by atoms with van der Waals surface area (Å²) in [4.78, 5) is 0. The molecule has 0 saturated heterocycles. The Morgan fingerprint density at radius 2 is 1.66 bits per heavy atom. The van der Waals surface area contributed by atoms with E-state index in [9.17, 15) is 0 Å². The number of rotatable bonds is 6. The molecule has 0 aliphatic carbocycles. The van der Waals surface area contributed by atoms with Crippen LogP contribution in [0.4, 0.5) is 0 Å². The Labute approximate surface area is 187 Å². The molecule has 0 aromatic heterocycles. The van der Waals surface area contributed by atoms with Crippen LogP contribution in [0.25, 0.3) is 5.70 Å². The second-order valence-corrected chi connectivity index (χ2v) is 7.62. The predicted molar refractivity (Wildman–Crippen MR) is 123 cm³/mol. The van der Waals surface area contributed by atoms with E-state index in [0.29, 0.717) is 6.61 Å². The van der Waals surface area contributed by atoms with Crippen LogP contribution in [0, 0.1) is 0 Å². The van der Waals surface area contributed by atoms with Gasteiger partial charge in [-0.25, -0.2) is 0 Å². The third-order valence-corrected chi connectivity index (χ3v) is 5.78. The molecule has 2 heterocycles. The molecule has 2 aliphatic heterocycles. The quantitative estimate of drug-likeness (QED) is 0.588. The van der Waals surface area contributed by atoms with Gasteiger partial charge in [0, 0.05) is 11.1 Å². The van der Waals surface area contributed by atoms with Gasteiger partial charge in [-0.05, 0) is 61.0 Å². The van der Waals surface area contributed by atoms with E-state index in [2.05, 4.69) is 34.7 Å². The summed E-state index contributed by atoms with van der Waals surface area (Å²) in [6.45, 7) is 2.61. The van der Waals surface area contributed by atoms with Crippen molar-refractivity contribution in [3.05, 3.63) is 89.5 Å². The zero-order valence-corrected chi connectivity index (χ0v) is 18.4. The van der Waals surface area contributed by atoms with Crippen LogP contribution in [-0.2, 0) is 0 Å². The van der Waals surface area contributed by atoms with Crippen LogP contribution in [-0.4, -0.2) is 25.8 Å². The number of hydrazine groups is 1. The molecule has 6 heteroatoms. The Morgan fingerprint density at radius 3 is 2.34 bits per heavy atom. The van der Waals surface area contributed by atoms with Gasteiger partial charge in [0.2, 0.25) is 0 Å². The van der Waals surface area contributed by atoms with E-state index in [1.807, 2.05) is 55.5 Å². The summed E-state index contributed by atoms with van der Waals surface area (Å²) in [6, 6.07) is 22.1. The minimum absolute atomic E-state index is 0.0116. The number of hydrogen-bond donors (Lipinski definition) is 1. The largest absolute Gasteiger partial charge is 0.497 e. The molecule has 3 aromatic carbocycles. The summed E-state index contributed by atoms with van der Waals surface area (Å²) in [7, 11) is 3.34. The van der Waals surface area contributed by atoms with Crippen LogP contribution in [0.5, 0.6) is 23.0 Å². The van der Waals surface area contributed by atoms with Gasteiger partial charge < -0.3 is 24.4 Å². The van der Waals surface area contributed by atoms with Crippen LogP contribution in [0.3, 0.4) is 0 Å². The van der Waals surface area contributed by atoms with Gasteiger partial charge in [-0.1, -0.05) is 24.3 Å². The molecular weight excluding hydrogens is 404 g/mol. The van der Waals surface area contributed by atoms with Gasteiger partial charge in [0.05, 0.1) is 32.6 Å². The zero-order chi connectivity index (χ0) is 22.1. The Morgan fingerprint density at radius 1 is 0.906 bits per heavy atom. The lowest BCUT2D eigenvalue weighted by Crippen LogP contribution is -2.43. The second kappa shape index (κ2) is 8.48. The second-order valence-electron chi connectivity index (χ2n) is 7.62. The fraction of sp³-hybridized carbons (Fsp3) is 0.231. The molecule has 1 N–H and O–H groups in total. The lowest BCUT2D eigenvalue weighted by molar-refractivity contribution is -0.0343. The first-order valence-electron chi connectivity index (χ1n) is 10.7. The third kappa shape index (κ3) is 3.52. The van der Waals surface area contributed by atoms with Crippen molar-refractivity contribution in [2.75, 3.05) is 20.8 Å². The van der Waals surface area contributed by atoms with E-state index in [1.54, 1.807) is 14.2 Å². The fourth-order valence-electron chi connectivity index (χ4n) is 4.20. The molecule has 32 heavy (non-hydrogen) atoms. The van der Waals surface area contributed by atoms with Gasteiger partial charge >= 0.3 is 0 Å². The molecular formula is C26H26N2O4. The number of ether oxygens (including phenoxy) is 4. The topological polar surface area (TPSA) is 52.2 Å². The van der Waals surface area contributed by atoms with E-state index >= 15 is 0 Å². The van der Waals surface area contributed by atoms with Crippen LogP contribution < -0.4 is 24.4 Å². The summed E-state index contributed by atoms with van der Waals surface area (Å²) < 4.78 is 23.1. The molecule has 0 spiro atoms. The van der Waals surface area contributed by atoms with Gasteiger partial charge in [0.1, 0.15) is 11.5 Å². The van der Waals surface area contributed by atoms with Crippen molar-refractivity contribution in [3.8, 4) is 23.0 Å². The molecule has 0 fully saturated rings. The maximum atomic E-state index is 6.52. The smallest absolute Gasteiger partial charge is 0.196 e. The molecule has 0 radical (unpaired) electrons. The van der Waals surface area contributed by atoms with Crippen LogP contribution in [0.1, 0.15) is 35.9 Å². The molecule has 0 saturated carbocycles. The molecule has 3 aromatic rings. The van der Waals surface area contributed by atoms with Crippen molar-refractivity contribution in [3.63, 3.8) is 0 Å². The van der Waals surface area contributed by atoms with Crippen molar-refractivity contribution in [1.29, 1.82) is 0 Å². The Hall–Kier alpha value is -3.64. The zero-order valence-electron chi connectivity index (χ0n) is 18.4. The first-order valence-corrected chi connectivity index (χ1v) is 10.7. The highest BCUT2D eigenvalue weighted by Crippen LogP contribution is 2.49. The Kier molecular flexibility index (Phi) is 5.37. The molecule has 5 rings (SSSR count). The molecule has 2 unspecified atom stereocenters. The number of hydrogen-bond acceptors (Lipinski definition) is 6. The highest BCUT2D eigenvalue weighted by Gasteiger charge is 2.41. The van der Waals surface area contributed by atoms with Gasteiger partial charge in [0.25, 0.3) is 0 Å². The summed E-state index contributed by atoms with van der Waals surface area (Å²) in [5.74, 6) is 3.16. The van der Waals surface area contributed by atoms with Crippen molar-refractivity contribution in [2.24, 2.45) is 0 Å². The van der Waals surface area contributed by atoms with E-state index in [-0.39, 0.29) is 12.3 Å². The highest BCUT2D eigenvalue weighted by molar-refractivity contribution is 5.68. The summed E-state index contributed by atoms with van der Waals surface area (Å²) >= 11 is 0. The number of nitrogens with one attached hydrogen (secondary N) is 1. The number of para-hydroxylation sites is 1. The molecule has 164 valence electrons. The number of nitrogens with zero attached hydrogens (tertiary/aromatic N) is 1. The average Bonchev–Trinajstić information content (AvgIpc) is 3.30. The molecule has 2 atom stereocenters. The van der Waals surface area contributed by atoms with E-state index in [1.165, 1.54) is 0 Å². The highest BCUT2D eigenvalue weighted by atomic mass is 16.5. The lowest BCUT2D eigenvalue weighted by atomic mass is 10.00. The SMILES string of the molecule is CCOc1ccc(C2Oc3c(OC)cccc3C3C=C(c4ccc(OC)cc4)NN32)cc1. The third-order valence-electron chi connectivity index (χ3n) is 5.78. The van der Waals surface area contributed by atoms with Gasteiger partial charge in [0.15, 0.2) is 17.7 Å². The van der Waals surface area contributed by atoms with E-state index < -0.39 is 0 Å². The first kappa shape index (κ1) is 20.3. The van der Waals surface area contributed by atoms with E-state index in [4.69, 9.17) is 18.9 Å². The predicted octanol–water partition coefficient (Wildman–Crippen LogP) is 5.10. The van der Waals surface area contributed by atoms with Crippen molar-refractivity contribution >= 4 is 5.70 Å². The van der Waals surface area contributed by atoms with Crippen molar-refractivity contribution in [2.45, 2.75) is 19.2 Å². The van der Waals surface area contributed by atoms with Crippen LogP contribution >= 0.6 is 0 Å². The van der Waals surface area contributed by atoms with Crippen LogP contribution in [0.2, 0.25) is 0 Å². The minimum Gasteiger partial charge on any atom is -0.497 e. The molecule has 0 amide bonds. The minimum atomic E-state index is -0.341. The maximum absolute atomic E-state index is 6.52. The molecule has 0 bridgehead atoms. The van der Waals surface area contributed by atoms with Gasteiger partial charge in [-0.15, -0.1) is 0 Å². The molecule has 2 aliphatic rings. The first-order chi connectivity index (χ1) is 15.7. The monoisotopic (exact) mass is 430 g/mol. The normalized spacial score (nSPS) is 19.2. The average molecular weight is 431 g/mol. The van der Waals surface area contributed by atoms with E-state index in [0.717, 1.165) is 45.4 Å². The number of benzene rings is 3. The number of methoxy groups -OCH3 is 2. The summed E-state index contributed by atoms with van der Waals surface area (Å²) in [5.41, 5.74) is 7.75. The van der Waals surface area contributed by atoms with Crippen LogP contribution in [0.15, 0.2) is 72.8 Å². The maximum Gasteiger partial charge on any atom is 0.196 e. The van der Waals surface area contributed by atoms with Gasteiger partial charge in [-0.3, -0.25) is 0 Å². The number of fused-ring (bicyclic) bond motifs is 3. The lowest BCUT2D eigenvalue weighted by Gasteiger charge is -2.39. The Balaban J connectivity index is 1.54. The Bertz CT molecular complexity index is 1130. The summed E-state index contributed by atoms with van der Waals surface area (Å²) in [6.07, 6.45) is 1.89. The van der Waals surface area contributed by atoms with Crippen molar-refractivity contribution in [1.82, 2.24) is 10.4 Å². The fourth-order valence-corrected chi connectivity index (χ4v) is 4.20. The molecule has 6 nitrogen and oxygen atoms in total.